The van der Waals surface area contributed by atoms with Crippen LogP contribution in [0.2, 0.25) is 10.0 Å². The van der Waals surface area contributed by atoms with E-state index in [1.165, 1.54) is 4.90 Å². The van der Waals surface area contributed by atoms with Crippen molar-refractivity contribution in [1.82, 2.24) is 9.47 Å². The van der Waals surface area contributed by atoms with Crippen LogP contribution in [0.3, 0.4) is 0 Å². The summed E-state index contributed by atoms with van der Waals surface area (Å²) in [5.74, 6) is -0.330. The quantitative estimate of drug-likeness (QED) is 0.479. The van der Waals surface area contributed by atoms with E-state index < -0.39 is 0 Å². The molecule has 1 aromatic carbocycles. The molecule has 0 fully saturated rings. The van der Waals surface area contributed by atoms with Crippen molar-refractivity contribution in [2.24, 2.45) is 0 Å². The van der Waals surface area contributed by atoms with Crippen LogP contribution in [0.1, 0.15) is 35.9 Å². The van der Waals surface area contributed by atoms with Crippen molar-refractivity contribution in [2.75, 3.05) is 7.05 Å². The van der Waals surface area contributed by atoms with Crippen molar-refractivity contribution in [3.05, 3.63) is 62.4 Å². The smallest absolute Gasteiger partial charge is 0.264 e. The molecule has 0 bridgehead atoms. The highest BCUT2D eigenvalue weighted by atomic mass is 35.5. The number of likely N-dealkylation sites (N-methyl/N-ethyl adjacent to an activating group) is 1. The summed E-state index contributed by atoms with van der Waals surface area (Å²) in [6.07, 6.45) is 2.69. The van der Waals surface area contributed by atoms with Gasteiger partial charge in [-0.1, -0.05) is 36.2 Å². The van der Waals surface area contributed by atoms with Crippen molar-refractivity contribution < 1.29 is 4.79 Å². The van der Waals surface area contributed by atoms with Gasteiger partial charge in [-0.25, -0.2) is 0 Å². The normalized spacial score (nSPS) is 11.4. The van der Waals surface area contributed by atoms with Gasteiger partial charge < -0.3 is 9.47 Å². The molecule has 0 saturated heterocycles. The van der Waals surface area contributed by atoms with Gasteiger partial charge in [-0.3, -0.25) is 4.79 Å². The van der Waals surface area contributed by atoms with Gasteiger partial charge in [0.1, 0.15) is 11.6 Å². The molecule has 0 aliphatic heterocycles. The number of nitriles is 1. The molecule has 0 aliphatic carbocycles. The number of halogens is 2. The minimum atomic E-state index is -0.330. The molecule has 6 heteroatoms. The van der Waals surface area contributed by atoms with Gasteiger partial charge in [-0.15, -0.1) is 0 Å². The Morgan fingerprint density at radius 2 is 1.96 bits per heavy atom. The fraction of sp³-hybridized carbons (Fsp3) is 0.333. The summed E-state index contributed by atoms with van der Waals surface area (Å²) in [6, 6.07) is 9.28. The zero-order valence-corrected chi connectivity index (χ0v) is 17.5. The molecular formula is C21H23Cl2N3O. The van der Waals surface area contributed by atoms with Crippen LogP contribution in [0.15, 0.2) is 29.8 Å². The van der Waals surface area contributed by atoms with E-state index in [9.17, 15) is 10.1 Å². The van der Waals surface area contributed by atoms with Gasteiger partial charge >= 0.3 is 0 Å². The van der Waals surface area contributed by atoms with Crippen molar-refractivity contribution in [2.45, 2.75) is 40.3 Å². The molecule has 0 aliphatic rings. The first-order valence-corrected chi connectivity index (χ1v) is 9.52. The van der Waals surface area contributed by atoms with E-state index in [1.807, 2.05) is 32.0 Å². The maximum atomic E-state index is 12.7. The van der Waals surface area contributed by atoms with Crippen molar-refractivity contribution in [3.63, 3.8) is 0 Å². The Hall–Kier alpha value is -2.22. The summed E-state index contributed by atoms with van der Waals surface area (Å²) in [4.78, 5) is 14.2. The molecule has 0 spiro atoms. The number of benzene rings is 1. The fourth-order valence-corrected chi connectivity index (χ4v) is 3.35. The molecular weight excluding hydrogens is 381 g/mol. The Morgan fingerprint density at radius 1 is 1.26 bits per heavy atom. The van der Waals surface area contributed by atoms with Gasteiger partial charge in [0.15, 0.2) is 0 Å². The van der Waals surface area contributed by atoms with Gasteiger partial charge in [-0.05, 0) is 55.7 Å². The lowest BCUT2D eigenvalue weighted by Crippen LogP contribution is -2.27. The number of aromatic nitrogens is 1. The van der Waals surface area contributed by atoms with E-state index in [-0.39, 0.29) is 11.5 Å². The van der Waals surface area contributed by atoms with E-state index in [2.05, 4.69) is 11.5 Å². The Bertz CT molecular complexity index is 922. The molecule has 4 nitrogen and oxygen atoms in total. The number of hydrogen-bond acceptors (Lipinski definition) is 2. The van der Waals surface area contributed by atoms with Crippen LogP contribution < -0.4 is 0 Å². The Balaban J connectivity index is 2.24. The summed E-state index contributed by atoms with van der Waals surface area (Å²) in [6.45, 7) is 7.41. The number of carbonyl (C=O) groups excluding carboxylic acids is 1. The maximum Gasteiger partial charge on any atom is 0.264 e. The Kier molecular flexibility index (Phi) is 7.12. The molecule has 1 aromatic heterocycles. The molecule has 0 radical (unpaired) electrons. The molecule has 142 valence electrons. The fourth-order valence-electron chi connectivity index (χ4n) is 3.03. The molecule has 0 atom stereocenters. The van der Waals surface area contributed by atoms with Crippen molar-refractivity contribution >= 4 is 35.2 Å². The molecule has 0 unspecified atom stereocenters. The first kappa shape index (κ1) is 21.1. The molecule has 1 amide bonds. The maximum absolute atomic E-state index is 12.7. The molecule has 1 heterocycles. The number of nitrogens with zero attached hydrogens (tertiary/aromatic N) is 3. The van der Waals surface area contributed by atoms with Gasteiger partial charge in [0, 0.05) is 31.5 Å². The third-order valence-corrected chi connectivity index (χ3v) is 5.20. The lowest BCUT2D eigenvalue weighted by molar-refractivity contribution is -0.125. The number of amides is 1. The van der Waals surface area contributed by atoms with Gasteiger partial charge in [0.25, 0.3) is 5.91 Å². The van der Waals surface area contributed by atoms with Crippen molar-refractivity contribution in [1.29, 1.82) is 5.26 Å². The summed E-state index contributed by atoms with van der Waals surface area (Å²) >= 11 is 12.0. The van der Waals surface area contributed by atoms with Crippen LogP contribution in [0.4, 0.5) is 0 Å². The van der Waals surface area contributed by atoms with E-state index in [0.29, 0.717) is 16.6 Å². The predicted molar refractivity (Wildman–Crippen MR) is 111 cm³/mol. The second-order valence-electron chi connectivity index (χ2n) is 6.56. The van der Waals surface area contributed by atoms with E-state index in [4.69, 9.17) is 23.2 Å². The highest BCUT2D eigenvalue weighted by Crippen LogP contribution is 2.24. The van der Waals surface area contributed by atoms with E-state index in [0.717, 1.165) is 35.5 Å². The zero-order valence-electron chi connectivity index (χ0n) is 16.0. The van der Waals surface area contributed by atoms with Crippen LogP contribution >= 0.6 is 23.2 Å². The molecule has 2 aromatic rings. The third-order valence-electron chi connectivity index (χ3n) is 4.46. The average Bonchev–Trinajstić information content (AvgIpc) is 2.90. The Labute approximate surface area is 170 Å². The van der Waals surface area contributed by atoms with Crippen LogP contribution in [-0.2, 0) is 17.9 Å². The molecule has 2 rings (SSSR count). The van der Waals surface area contributed by atoms with Crippen molar-refractivity contribution in [3.8, 4) is 6.07 Å². The number of aryl methyl sites for hydroxylation is 1. The first-order chi connectivity index (χ1) is 12.8. The minimum absolute atomic E-state index is 0.106. The number of carbonyl (C=O) groups is 1. The number of hydrogen-bond donors (Lipinski definition) is 0. The Morgan fingerprint density at radius 3 is 2.56 bits per heavy atom. The average molecular weight is 404 g/mol. The van der Waals surface area contributed by atoms with Crippen LogP contribution in [-0.4, -0.2) is 22.4 Å². The van der Waals surface area contributed by atoms with Gasteiger partial charge in [0.05, 0.1) is 10.0 Å². The third kappa shape index (κ3) is 4.94. The summed E-state index contributed by atoms with van der Waals surface area (Å²) < 4.78 is 2.20. The summed E-state index contributed by atoms with van der Waals surface area (Å²) in [5, 5.41) is 10.4. The van der Waals surface area contributed by atoms with Crippen LogP contribution in [0.5, 0.6) is 0 Å². The summed E-state index contributed by atoms with van der Waals surface area (Å²) in [5.41, 5.74) is 4.03. The van der Waals surface area contributed by atoms with Crippen LogP contribution in [0.25, 0.3) is 6.08 Å². The minimum Gasteiger partial charge on any atom is -0.349 e. The van der Waals surface area contributed by atoms with Gasteiger partial charge in [-0.2, -0.15) is 5.26 Å². The zero-order chi connectivity index (χ0) is 20.1. The van der Waals surface area contributed by atoms with E-state index in [1.54, 1.807) is 25.3 Å². The lowest BCUT2D eigenvalue weighted by Gasteiger charge is -2.17. The SMILES string of the molecule is CCCn1c(C)cc(C=C(C#N)C(=O)N(C)Cc2ccc(Cl)c(Cl)c2)c1C. The monoisotopic (exact) mass is 403 g/mol. The second kappa shape index (κ2) is 9.12. The summed E-state index contributed by atoms with van der Waals surface area (Å²) in [7, 11) is 1.66. The molecule has 0 saturated carbocycles. The molecule has 0 N–H and O–H groups in total. The van der Waals surface area contributed by atoms with E-state index >= 15 is 0 Å². The van der Waals surface area contributed by atoms with Crippen LogP contribution in [0, 0.1) is 25.2 Å². The second-order valence-corrected chi connectivity index (χ2v) is 7.37. The standard InChI is InChI=1S/C21H23Cl2N3O/c1-5-8-26-14(2)9-17(15(26)3)11-18(12-24)21(27)25(4)13-16-6-7-19(22)20(23)10-16/h6-7,9-11H,5,8,13H2,1-4H3. The largest absolute Gasteiger partial charge is 0.349 e. The van der Waals surface area contributed by atoms with Gasteiger partial charge in [0.2, 0.25) is 0 Å². The predicted octanol–water partition coefficient (Wildman–Crippen LogP) is 5.39. The lowest BCUT2D eigenvalue weighted by atomic mass is 10.1. The topological polar surface area (TPSA) is 49.0 Å². The highest BCUT2D eigenvalue weighted by Gasteiger charge is 2.17. The highest BCUT2D eigenvalue weighted by molar-refractivity contribution is 6.42. The number of rotatable bonds is 6. The first-order valence-electron chi connectivity index (χ1n) is 8.76. The molecule has 27 heavy (non-hydrogen) atoms.